The van der Waals surface area contributed by atoms with Gasteiger partial charge in [0, 0.05) is 23.2 Å². The first kappa shape index (κ1) is 19.8. The summed E-state index contributed by atoms with van der Waals surface area (Å²) >= 11 is 3.36. The molecule has 2 amide bonds. The predicted octanol–water partition coefficient (Wildman–Crippen LogP) is 4.39. The minimum atomic E-state index is -4.55. The molecule has 0 fully saturated rings. The molecule has 0 radical (unpaired) electrons. The van der Waals surface area contributed by atoms with Crippen molar-refractivity contribution in [1.82, 2.24) is 10.3 Å². The maximum atomic E-state index is 12.7. The lowest BCUT2D eigenvalue weighted by Gasteiger charge is -2.08. The number of halogens is 4. The second-order valence-corrected chi connectivity index (χ2v) is 6.73. The number of nitrogens with one attached hydrogen (secondary N) is 2. The molecule has 146 valence electrons. The highest BCUT2D eigenvalue weighted by Gasteiger charge is 2.31. The molecule has 7 nitrogen and oxygen atoms in total. The summed E-state index contributed by atoms with van der Waals surface area (Å²) < 4.78 is 45.6. The van der Waals surface area contributed by atoms with Crippen LogP contribution in [0.4, 0.5) is 29.5 Å². The second kappa shape index (κ2) is 7.97. The Hall–Kier alpha value is -2.95. The SMILES string of the molecule is C[C@@H](c1ccc(Br)cc1)[n+]1cc(NC(=O)Nc2cncc(C(F)(F)F)c2)on1. The van der Waals surface area contributed by atoms with Crippen LogP contribution < -0.4 is 15.3 Å². The average Bonchev–Trinajstić information content (AvgIpc) is 3.09. The van der Waals surface area contributed by atoms with Crippen molar-refractivity contribution in [3.63, 3.8) is 0 Å². The minimum absolute atomic E-state index is 0.0291. The molecule has 0 unspecified atom stereocenters. The number of carbonyl (C=O) groups is 1. The Morgan fingerprint density at radius 2 is 1.93 bits per heavy atom. The average molecular weight is 457 g/mol. The third kappa shape index (κ3) is 4.85. The third-order valence-electron chi connectivity index (χ3n) is 3.79. The summed E-state index contributed by atoms with van der Waals surface area (Å²) in [5, 5.41) is 8.48. The molecule has 0 saturated heterocycles. The van der Waals surface area contributed by atoms with Crippen LogP contribution >= 0.6 is 15.9 Å². The Labute approximate surface area is 165 Å². The van der Waals surface area contributed by atoms with E-state index in [1.165, 1.54) is 10.9 Å². The first-order chi connectivity index (χ1) is 13.2. The zero-order valence-electron chi connectivity index (χ0n) is 14.4. The van der Waals surface area contributed by atoms with Crippen molar-refractivity contribution >= 4 is 33.5 Å². The Balaban J connectivity index is 1.65. The van der Waals surface area contributed by atoms with Gasteiger partial charge >= 0.3 is 18.1 Å². The van der Waals surface area contributed by atoms with Crippen molar-refractivity contribution in [3.8, 4) is 0 Å². The smallest absolute Gasteiger partial charge is 0.306 e. The number of carbonyl (C=O) groups excluding carboxylic acids is 1. The third-order valence-corrected chi connectivity index (χ3v) is 4.32. The number of aromatic nitrogens is 3. The van der Waals surface area contributed by atoms with E-state index in [4.69, 9.17) is 4.52 Å². The number of hydrogen-bond acceptors (Lipinski definition) is 4. The van der Waals surface area contributed by atoms with Gasteiger partial charge in [0.2, 0.25) is 11.3 Å². The van der Waals surface area contributed by atoms with Gasteiger partial charge in [-0.1, -0.05) is 28.1 Å². The lowest BCUT2D eigenvalue weighted by atomic mass is 10.1. The molecule has 1 atom stereocenters. The van der Waals surface area contributed by atoms with E-state index in [0.29, 0.717) is 6.20 Å². The van der Waals surface area contributed by atoms with Crippen molar-refractivity contribution in [1.29, 1.82) is 0 Å². The van der Waals surface area contributed by atoms with Crippen molar-refractivity contribution in [2.24, 2.45) is 0 Å². The zero-order chi connectivity index (χ0) is 20.3. The number of amides is 2. The highest BCUT2D eigenvalue weighted by molar-refractivity contribution is 9.10. The van der Waals surface area contributed by atoms with Crippen LogP contribution in [0, 0.1) is 0 Å². The predicted molar refractivity (Wildman–Crippen MR) is 96.5 cm³/mol. The first-order valence-corrected chi connectivity index (χ1v) is 8.75. The Kier molecular flexibility index (Phi) is 5.63. The van der Waals surface area contributed by atoms with Gasteiger partial charge < -0.3 is 5.32 Å². The van der Waals surface area contributed by atoms with Crippen LogP contribution in [0.1, 0.15) is 24.1 Å². The molecular weight excluding hydrogens is 443 g/mol. The first-order valence-electron chi connectivity index (χ1n) is 7.96. The molecule has 2 N–H and O–H groups in total. The van der Waals surface area contributed by atoms with Crippen molar-refractivity contribution in [3.05, 3.63) is 64.5 Å². The summed E-state index contributed by atoms with van der Waals surface area (Å²) in [4.78, 5) is 15.5. The normalized spacial score (nSPS) is 12.5. The maximum Gasteiger partial charge on any atom is 0.417 e. The molecule has 0 aliphatic heterocycles. The van der Waals surface area contributed by atoms with E-state index < -0.39 is 17.8 Å². The van der Waals surface area contributed by atoms with E-state index in [-0.39, 0.29) is 17.6 Å². The van der Waals surface area contributed by atoms with Crippen molar-refractivity contribution in [2.45, 2.75) is 19.1 Å². The molecule has 3 rings (SSSR count). The second-order valence-electron chi connectivity index (χ2n) is 5.81. The van der Waals surface area contributed by atoms with Gasteiger partial charge in [-0.3, -0.25) is 14.8 Å². The fraction of sp³-hybridized carbons (Fsp3) is 0.176. The molecule has 28 heavy (non-hydrogen) atoms. The minimum Gasteiger partial charge on any atom is -0.306 e. The largest absolute Gasteiger partial charge is 0.417 e. The summed E-state index contributed by atoms with van der Waals surface area (Å²) in [7, 11) is 0. The van der Waals surface area contributed by atoms with E-state index in [0.717, 1.165) is 22.3 Å². The lowest BCUT2D eigenvalue weighted by molar-refractivity contribution is -0.774. The molecule has 2 heterocycles. The molecule has 0 aliphatic carbocycles. The van der Waals surface area contributed by atoms with E-state index >= 15 is 0 Å². The number of anilines is 2. The number of rotatable bonds is 4. The fourth-order valence-electron chi connectivity index (χ4n) is 2.33. The number of hydrogen-bond donors (Lipinski definition) is 2. The van der Waals surface area contributed by atoms with Gasteiger partial charge in [0.1, 0.15) is 0 Å². The molecule has 2 aromatic heterocycles. The van der Waals surface area contributed by atoms with Gasteiger partial charge in [0.25, 0.3) is 6.20 Å². The molecule has 0 spiro atoms. The Bertz CT molecular complexity index is 975. The van der Waals surface area contributed by atoms with Gasteiger partial charge in [-0.2, -0.15) is 13.2 Å². The summed E-state index contributed by atoms with van der Waals surface area (Å²) in [5.41, 5.74) is -0.110. The number of benzene rings is 1. The number of pyridine rings is 1. The molecule has 0 bridgehead atoms. The van der Waals surface area contributed by atoms with Crippen molar-refractivity contribution < 1.29 is 27.2 Å². The highest BCUT2D eigenvalue weighted by atomic mass is 79.9. The van der Waals surface area contributed by atoms with Crippen LogP contribution in [0.25, 0.3) is 0 Å². The standard InChI is InChI=1S/C17H13BrF3N5O2/c1-10(11-2-4-13(18)5-3-11)26-9-15(28-25-26)24-16(27)23-14-6-12(7-22-8-14)17(19,20)21/h2-10H,1H3,(H-,23,24,25,27)/p+1/t10-/m0/s1. The fourth-order valence-corrected chi connectivity index (χ4v) is 2.59. The molecule has 1 aromatic carbocycles. The van der Waals surface area contributed by atoms with Gasteiger partial charge in [-0.25, -0.2) is 4.79 Å². The van der Waals surface area contributed by atoms with Crippen LogP contribution in [0.2, 0.25) is 0 Å². The van der Waals surface area contributed by atoms with Gasteiger partial charge in [0.05, 0.1) is 17.4 Å². The van der Waals surface area contributed by atoms with E-state index in [9.17, 15) is 18.0 Å². The topological polar surface area (TPSA) is 83.9 Å². The van der Waals surface area contributed by atoms with Gasteiger partial charge in [-0.05, 0) is 22.9 Å². The van der Waals surface area contributed by atoms with E-state index in [2.05, 4.69) is 36.8 Å². The Morgan fingerprint density at radius 3 is 2.61 bits per heavy atom. The van der Waals surface area contributed by atoms with Crippen molar-refractivity contribution in [2.75, 3.05) is 10.6 Å². The Morgan fingerprint density at radius 1 is 1.21 bits per heavy atom. The quantitative estimate of drug-likeness (QED) is 0.570. The van der Waals surface area contributed by atoms with Crippen LogP contribution in [-0.4, -0.2) is 16.3 Å². The lowest BCUT2D eigenvalue weighted by Crippen LogP contribution is -2.39. The zero-order valence-corrected chi connectivity index (χ0v) is 16.0. The van der Waals surface area contributed by atoms with E-state index in [1.54, 1.807) is 0 Å². The molecule has 0 aliphatic rings. The molecule has 3 aromatic rings. The number of alkyl halides is 3. The summed E-state index contributed by atoms with van der Waals surface area (Å²) in [6, 6.07) is 7.43. The summed E-state index contributed by atoms with van der Waals surface area (Å²) in [6.07, 6.45) is -1.31. The van der Waals surface area contributed by atoms with Crippen LogP contribution in [-0.2, 0) is 6.18 Å². The van der Waals surface area contributed by atoms with Crippen LogP contribution in [0.3, 0.4) is 0 Å². The summed E-state index contributed by atoms with van der Waals surface area (Å²) in [6.45, 7) is 1.89. The molecule has 0 saturated carbocycles. The maximum absolute atomic E-state index is 12.7. The molecule has 11 heteroatoms. The van der Waals surface area contributed by atoms with Crippen LogP contribution in [0.5, 0.6) is 0 Å². The van der Waals surface area contributed by atoms with Gasteiger partial charge in [-0.15, -0.1) is 0 Å². The molecular formula is C17H14BrF3N5O2+. The number of nitrogens with zero attached hydrogens (tertiary/aromatic N) is 3. The van der Waals surface area contributed by atoms with E-state index in [1.807, 2.05) is 31.2 Å². The monoisotopic (exact) mass is 456 g/mol. The van der Waals surface area contributed by atoms with Crippen LogP contribution in [0.15, 0.2) is 57.9 Å². The van der Waals surface area contributed by atoms with Gasteiger partial charge in [0.15, 0.2) is 0 Å². The number of urea groups is 1. The highest BCUT2D eigenvalue weighted by Crippen LogP contribution is 2.29. The summed E-state index contributed by atoms with van der Waals surface area (Å²) in [5.74, 6) is 0.0291.